The SMILES string of the molecule is CC(=O)N(C)Cc1ccccc1NC(C)c1ccncc1. The molecule has 1 aromatic heterocycles. The second kappa shape index (κ2) is 6.88. The number of hydrogen-bond donors (Lipinski definition) is 1. The van der Waals surface area contributed by atoms with Gasteiger partial charge in [-0.3, -0.25) is 9.78 Å². The fourth-order valence-corrected chi connectivity index (χ4v) is 2.13. The summed E-state index contributed by atoms with van der Waals surface area (Å²) in [5.41, 5.74) is 3.34. The Hall–Kier alpha value is -2.36. The molecular weight excluding hydrogens is 262 g/mol. The molecule has 4 nitrogen and oxygen atoms in total. The van der Waals surface area contributed by atoms with Crippen LogP contribution in [0.2, 0.25) is 0 Å². The number of nitrogens with one attached hydrogen (secondary N) is 1. The summed E-state index contributed by atoms with van der Waals surface area (Å²) >= 11 is 0. The van der Waals surface area contributed by atoms with E-state index < -0.39 is 0 Å². The highest BCUT2D eigenvalue weighted by Crippen LogP contribution is 2.23. The number of carbonyl (C=O) groups is 1. The molecular formula is C17H21N3O. The third-order valence-corrected chi connectivity index (χ3v) is 3.54. The van der Waals surface area contributed by atoms with Crippen LogP contribution in [0.3, 0.4) is 0 Å². The van der Waals surface area contributed by atoms with Crippen molar-refractivity contribution in [2.75, 3.05) is 12.4 Å². The number of carbonyl (C=O) groups excluding carboxylic acids is 1. The number of benzene rings is 1. The Kier molecular flexibility index (Phi) is 4.93. The Bertz CT molecular complexity index is 598. The van der Waals surface area contributed by atoms with Crippen molar-refractivity contribution in [1.82, 2.24) is 9.88 Å². The van der Waals surface area contributed by atoms with Crippen molar-refractivity contribution in [3.63, 3.8) is 0 Å². The maximum absolute atomic E-state index is 11.4. The molecule has 0 spiro atoms. The standard InChI is InChI=1S/C17H21N3O/c1-13(15-8-10-18-11-9-15)19-17-7-5-4-6-16(17)12-20(3)14(2)21/h4-11,13,19H,12H2,1-3H3. The van der Waals surface area contributed by atoms with Gasteiger partial charge in [0, 0.05) is 44.6 Å². The molecule has 0 radical (unpaired) electrons. The highest BCUT2D eigenvalue weighted by molar-refractivity contribution is 5.73. The van der Waals surface area contributed by atoms with Crippen molar-refractivity contribution in [2.24, 2.45) is 0 Å². The van der Waals surface area contributed by atoms with Crippen LogP contribution in [0.25, 0.3) is 0 Å². The van der Waals surface area contributed by atoms with Crippen LogP contribution in [-0.2, 0) is 11.3 Å². The van der Waals surface area contributed by atoms with E-state index in [-0.39, 0.29) is 11.9 Å². The van der Waals surface area contributed by atoms with Crippen LogP contribution in [-0.4, -0.2) is 22.8 Å². The zero-order chi connectivity index (χ0) is 15.2. The van der Waals surface area contributed by atoms with Crippen LogP contribution >= 0.6 is 0 Å². The molecule has 110 valence electrons. The summed E-state index contributed by atoms with van der Waals surface area (Å²) in [4.78, 5) is 17.1. The van der Waals surface area contributed by atoms with Gasteiger partial charge in [0.1, 0.15) is 0 Å². The lowest BCUT2D eigenvalue weighted by Crippen LogP contribution is -2.23. The Morgan fingerprint density at radius 1 is 1.24 bits per heavy atom. The first-order valence-corrected chi connectivity index (χ1v) is 7.04. The summed E-state index contributed by atoms with van der Waals surface area (Å²) in [5.74, 6) is 0.0620. The molecule has 0 aliphatic rings. The molecule has 1 atom stereocenters. The first-order valence-electron chi connectivity index (χ1n) is 7.04. The third kappa shape index (κ3) is 4.05. The van der Waals surface area contributed by atoms with E-state index in [1.807, 2.05) is 43.4 Å². The van der Waals surface area contributed by atoms with Gasteiger partial charge in [0.2, 0.25) is 5.91 Å². The smallest absolute Gasteiger partial charge is 0.219 e. The Morgan fingerprint density at radius 3 is 2.57 bits per heavy atom. The number of aromatic nitrogens is 1. The van der Waals surface area contributed by atoms with Crippen LogP contribution in [0.4, 0.5) is 5.69 Å². The molecule has 0 aliphatic heterocycles. The first-order chi connectivity index (χ1) is 10.1. The quantitative estimate of drug-likeness (QED) is 0.916. The van der Waals surface area contributed by atoms with E-state index in [0.717, 1.165) is 11.3 Å². The molecule has 0 fully saturated rings. The second-order valence-corrected chi connectivity index (χ2v) is 5.18. The van der Waals surface area contributed by atoms with Crippen LogP contribution < -0.4 is 5.32 Å². The minimum Gasteiger partial charge on any atom is -0.378 e. The van der Waals surface area contributed by atoms with E-state index in [9.17, 15) is 4.79 Å². The second-order valence-electron chi connectivity index (χ2n) is 5.18. The maximum Gasteiger partial charge on any atom is 0.219 e. The lowest BCUT2D eigenvalue weighted by molar-refractivity contribution is -0.128. The van der Waals surface area contributed by atoms with Gasteiger partial charge in [-0.2, -0.15) is 0 Å². The molecule has 4 heteroatoms. The molecule has 0 bridgehead atoms. The number of nitrogens with zero attached hydrogens (tertiary/aromatic N) is 2. The van der Waals surface area contributed by atoms with Crippen molar-refractivity contribution in [3.8, 4) is 0 Å². The van der Waals surface area contributed by atoms with Gasteiger partial charge >= 0.3 is 0 Å². The van der Waals surface area contributed by atoms with Crippen molar-refractivity contribution >= 4 is 11.6 Å². The monoisotopic (exact) mass is 283 g/mol. The topological polar surface area (TPSA) is 45.2 Å². The molecule has 0 saturated carbocycles. The molecule has 1 N–H and O–H groups in total. The molecule has 0 saturated heterocycles. The molecule has 2 rings (SSSR count). The van der Waals surface area contributed by atoms with Crippen LogP contribution in [0, 0.1) is 0 Å². The molecule has 1 amide bonds. The number of para-hydroxylation sites is 1. The van der Waals surface area contributed by atoms with Crippen molar-refractivity contribution in [1.29, 1.82) is 0 Å². The normalized spacial score (nSPS) is 11.8. The highest BCUT2D eigenvalue weighted by Gasteiger charge is 2.10. The predicted octanol–water partition coefficient (Wildman–Crippen LogP) is 3.23. The molecule has 21 heavy (non-hydrogen) atoms. The van der Waals surface area contributed by atoms with Crippen LogP contribution in [0.5, 0.6) is 0 Å². The van der Waals surface area contributed by atoms with Crippen molar-refractivity contribution in [3.05, 3.63) is 59.9 Å². The Morgan fingerprint density at radius 2 is 1.90 bits per heavy atom. The van der Waals surface area contributed by atoms with E-state index in [1.165, 1.54) is 5.56 Å². The Balaban J connectivity index is 2.15. The Labute approximate surface area is 125 Å². The van der Waals surface area contributed by atoms with E-state index in [0.29, 0.717) is 6.54 Å². The van der Waals surface area contributed by atoms with Gasteiger partial charge in [-0.1, -0.05) is 18.2 Å². The summed E-state index contributed by atoms with van der Waals surface area (Å²) in [6.45, 7) is 4.29. The van der Waals surface area contributed by atoms with Gasteiger partial charge in [0.15, 0.2) is 0 Å². The van der Waals surface area contributed by atoms with Gasteiger partial charge in [-0.25, -0.2) is 0 Å². The fraction of sp³-hybridized carbons (Fsp3) is 0.294. The van der Waals surface area contributed by atoms with Gasteiger partial charge in [-0.05, 0) is 36.2 Å². The summed E-state index contributed by atoms with van der Waals surface area (Å²) in [6.07, 6.45) is 3.59. The average Bonchev–Trinajstić information content (AvgIpc) is 2.50. The van der Waals surface area contributed by atoms with E-state index in [2.05, 4.69) is 17.2 Å². The zero-order valence-electron chi connectivity index (χ0n) is 12.7. The molecule has 1 heterocycles. The van der Waals surface area contributed by atoms with Gasteiger partial charge in [0.25, 0.3) is 0 Å². The number of anilines is 1. The molecule has 1 aromatic carbocycles. The van der Waals surface area contributed by atoms with E-state index in [1.54, 1.807) is 24.2 Å². The lowest BCUT2D eigenvalue weighted by atomic mass is 10.1. The summed E-state index contributed by atoms with van der Waals surface area (Å²) in [5, 5.41) is 3.51. The fourth-order valence-electron chi connectivity index (χ4n) is 2.13. The third-order valence-electron chi connectivity index (χ3n) is 3.54. The van der Waals surface area contributed by atoms with E-state index in [4.69, 9.17) is 0 Å². The van der Waals surface area contributed by atoms with Gasteiger partial charge < -0.3 is 10.2 Å². The zero-order valence-corrected chi connectivity index (χ0v) is 12.7. The molecule has 2 aromatic rings. The van der Waals surface area contributed by atoms with Crippen molar-refractivity contribution in [2.45, 2.75) is 26.4 Å². The maximum atomic E-state index is 11.4. The molecule has 0 aliphatic carbocycles. The van der Waals surface area contributed by atoms with Gasteiger partial charge in [0.05, 0.1) is 0 Å². The number of pyridine rings is 1. The van der Waals surface area contributed by atoms with Gasteiger partial charge in [-0.15, -0.1) is 0 Å². The highest BCUT2D eigenvalue weighted by atomic mass is 16.2. The summed E-state index contributed by atoms with van der Waals surface area (Å²) in [7, 11) is 1.81. The summed E-state index contributed by atoms with van der Waals surface area (Å²) in [6, 6.07) is 12.3. The number of rotatable bonds is 5. The largest absolute Gasteiger partial charge is 0.378 e. The minimum absolute atomic E-state index is 0.0620. The van der Waals surface area contributed by atoms with Crippen molar-refractivity contribution < 1.29 is 4.79 Å². The van der Waals surface area contributed by atoms with E-state index >= 15 is 0 Å². The van der Waals surface area contributed by atoms with Crippen LogP contribution in [0.15, 0.2) is 48.8 Å². The lowest BCUT2D eigenvalue weighted by Gasteiger charge is -2.21. The van der Waals surface area contributed by atoms with Crippen LogP contribution in [0.1, 0.15) is 31.0 Å². The summed E-state index contributed by atoms with van der Waals surface area (Å²) < 4.78 is 0. The first kappa shape index (κ1) is 15.0. The minimum atomic E-state index is 0.0620. The molecule has 1 unspecified atom stereocenters. The number of amides is 1. The number of hydrogen-bond acceptors (Lipinski definition) is 3. The average molecular weight is 283 g/mol. The predicted molar refractivity (Wildman–Crippen MR) is 84.9 cm³/mol.